The second-order valence-electron chi connectivity index (χ2n) is 5.29. The van der Waals surface area contributed by atoms with Crippen molar-refractivity contribution in [1.29, 1.82) is 0 Å². The lowest BCUT2D eigenvalue weighted by Crippen LogP contribution is -2.21. The van der Waals surface area contributed by atoms with Crippen LogP contribution in [0.25, 0.3) is 11.0 Å². The zero-order chi connectivity index (χ0) is 13.1. The maximum atomic E-state index is 4.74. The molecule has 0 aliphatic carbocycles. The Balaban J connectivity index is 2.26. The topological polar surface area (TPSA) is 29.9 Å². The molecule has 0 bridgehead atoms. The lowest BCUT2D eigenvalue weighted by atomic mass is 10.2. The van der Waals surface area contributed by atoms with Crippen molar-refractivity contribution < 1.29 is 0 Å². The molecule has 1 N–H and O–H groups in total. The average Bonchev–Trinajstić information content (AvgIpc) is 2.65. The van der Waals surface area contributed by atoms with Crippen molar-refractivity contribution in [2.24, 2.45) is 5.92 Å². The van der Waals surface area contributed by atoms with Crippen LogP contribution in [0.1, 0.15) is 32.2 Å². The summed E-state index contributed by atoms with van der Waals surface area (Å²) in [6, 6.07) is 6.49. The molecule has 1 aromatic carbocycles. The molecule has 1 heterocycles. The van der Waals surface area contributed by atoms with Gasteiger partial charge in [0.15, 0.2) is 0 Å². The maximum Gasteiger partial charge on any atom is 0.123 e. The first-order valence-electron chi connectivity index (χ1n) is 6.78. The van der Waals surface area contributed by atoms with Gasteiger partial charge in [0.25, 0.3) is 0 Å². The van der Waals surface area contributed by atoms with E-state index in [1.807, 2.05) is 0 Å². The van der Waals surface area contributed by atoms with Crippen molar-refractivity contribution in [1.82, 2.24) is 14.9 Å². The molecule has 2 aromatic rings. The lowest BCUT2D eigenvalue weighted by molar-refractivity contribution is 0.533. The van der Waals surface area contributed by atoms with Crippen LogP contribution in [0.2, 0.25) is 0 Å². The summed E-state index contributed by atoms with van der Waals surface area (Å²) in [4.78, 5) is 4.74. The van der Waals surface area contributed by atoms with E-state index < -0.39 is 0 Å². The molecule has 0 spiro atoms. The van der Waals surface area contributed by atoms with E-state index in [2.05, 4.69) is 55.8 Å². The van der Waals surface area contributed by atoms with E-state index in [1.165, 1.54) is 11.1 Å². The molecule has 0 radical (unpaired) electrons. The number of aryl methyl sites for hydroxylation is 2. The van der Waals surface area contributed by atoms with Crippen molar-refractivity contribution in [2.45, 2.75) is 40.8 Å². The third kappa shape index (κ3) is 2.72. The van der Waals surface area contributed by atoms with Gasteiger partial charge in [0.05, 0.1) is 17.6 Å². The lowest BCUT2D eigenvalue weighted by Gasteiger charge is -2.09. The van der Waals surface area contributed by atoms with Crippen LogP contribution < -0.4 is 5.32 Å². The van der Waals surface area contributed by atoms with Crippen LogP contribution in [-0.2, 0) is 13.1 Å². The first-order valence-corrected chi connectivity index (χ1v) is 6.78. The molecule has 18 heavy (non-hydrogen) atoms. The Morgan fingerprint density at radius 2 is 2.11 bits per heavy atom. The normalized spacial score (nSPS) is 11.6. The van der Waals surface area contributed by atoms with Crippen LogP contribution in [0.15, 0.2) is 18.2 Å². The zero-order valence-corrected chi connectivity index (χ0v) is 11.8. The molecule has 2 rings (SSSR count). The van der Waals surface area contributed by atoms with Gasteiger partial charge in [-0.1, -0.05) is 19.9 Å². The standard InChI is InChI=1S/C15H23N3/c1-5-18-14-7-6-12(4)8-13(14)17-15(18)10-16-9-11(2)3/h6-8,11,16H,5,9-10H2,1-4H3. The molecular weight excluding hydrogens is 222 g/mol. The summed E-state index contributed by atoms with van der Waals surface area (Å²) in [6.45, 7) is 11.6. The summed E-state index contributed by atoms with van der Waals surface area (Å²) in [6.07, 6.45) is 0. The van der Waals surface area contributed by atoms with E-state index in [9.17, 15) is 0 Å². The van der Waals surface area contributed by atoms with E-state index in [0.29, 0.717) is 5.92 Å². The quantitative estimate of drug-likeness (QED) is 0.877. The Morgan fingerprint density at radius 1 is 1.33 bits per heavy atom. The number of benzene rings is 1. The van der Waals surface area contributed by atoms with Gasteiger partial charge in [-0.25, -0.2) is 4.98 Å². The molecule has 0 aliphatic rings. The van der Waals surface area contributed by atoms with Crippen molar-refractivity contribution in [2.75, 3.05) is 6.54 Å². The Kier molecular flexibility index (Phi) is 4.02. The number of nitrogens with zero attached hydrogens (tertiary/aromatic N) is 2. The average molecular weight is 245 g/mol. The van der Waals surface area contributed by atoms with E-state index in [1.54, 1.807) is 0 Å². The monoisotopic (exact) mass is 245 g/mol. The van der Waals surface area contributed by atoms with E-state index >= 15 is 0 Å². The molecule has 0 saturated heterocycles. The van der Waals surface area contributed by atoms with Gasteiger partial charge in [-0.2, -0.15) is 0 Å². The Labute approximate surface area is 109 Å². The fourth-order valence-electron chi connectivity index (χ4n) is 2.25. The zero-order valence-electron chi connectivity index (χ0n) is 11.8. The molecule has 0 unspecified atom stereocenters. The second-order valence-corrected chi connectivity index (χ2v) is 5.29. The Morgan fingerprint density at radius 3 is 2.78 bits per heavy atom. The van der Waals surface area contributed by atoms with Crippen LogP contribution in [0.4, 0.5) is 0 Å². The summed E-state index contributed by atoms with van der Waals surface area (Å²) in [5.74, 6) is 1.81. The Bertz CT molecular complexity index is 526. The second kappa shape index (κ2) is 5.53. The summed E-state index contributed by atoms with van der Waals surface area (Å²) in [5, 5.41) is 3.47. The minimum Gasteiger partial charge on any atom is -0.327 e. The number of aromatic nitrogens is 2. The van der Waals surface area contributed by atoms with Crippen LogP contribution in [0, 0.1) is 12.8 Å². The Hall–Kier alpha value is -1.35. The molecule has 0 atom stereocenters. The van der Waals surface area contributed by atoms with Gasteiger partial charge in [-0.05, 0) is 44.0 Å². The number of hydrogen-bond donors (Lipinski definition) is 1. The first kappa shape index (κ1) is 13.1. The highest BCUT2D eigenvalue weighted by molar-refractivity contribution is 5.76. The number of hydrogen-bond acceptors (Lipinski definition) is 2. The predicted molar refractivity (Wildman–Crippen MR) is 76.7 cm³/mol. The highest BCUT2D eigenvalue weighted by Crippen LogP contribution is 2.17. The van der Waals surface area contributed by atoms with Crippen molar-refractivity contribution in [3.05, 3.63) is 29.6 Å². The van der Waals surface area contributed by atoms with Crippen LogP contribution in [0.5, 0.6) is 0 Å². The molecule has 0 amide bonds. The van der Waals surface area contributed by atoms with Crippen LogP contribution in [-0.4, -0.2) is 16.1 Å². The number of fused-ring (bicyclic) bond motifs is 1. The van der Waals surface area contributed by atoms with E-state index in [-0.39, 0.29) is 0 Å². The molecule has 1 aromatic heterocycles. The summed E-state index contributed by atoms with van der Waals surface area (Å²) < 4.78 is 2.29. The van der Waals surface area contributed by atoms with Gasteiger partial charge >= 0.3 is 0 Å². The number of nitrogens with one attached hydrogen (secondary N) is 1. The molecular formula is C15H23N3. The van der Waals surface area contributed by atoms with Gasteiger partial charge < -0.3 is 9.88 Å². The molecule has 3 heteroatoms. The highest BCUT2D eigenvalue weighted by Gasteiger charge is 2.09. The predicted octanol–water partition coefficient (Wildman–Crippen LogP) is 3.11. The van der Waals surface area contributed by atoms with Gasteiger partial charge in [0.2, 0.25) is 0 Å². The third-order valence-electron chi connectivity index (χ3n) is 3.13. The fourth-order valence-corrected chi connectivity index (χ4v) is 2.25. The molecule has 3 nitrogen and oxygen atoms in total. The van der Waals surface area contributed by atoms with Gasteiger partial charge in [0.1, 0.15) is 5.82 Å². The van der Waals surface area contributed by atoms with Gasteiger partial charge in [0, 0.05) is 6.54 Å². The van der Waals surface area contributed by atoms with Crippen LogP contribution >= 0.6 is 0 Å². The van der Waals surface area contributed by atoms with Crippen molar-refractivity contribution in [3.63, 3.8) is 0 Å². The molecule has 0 aliphatic heterocycles. The van der Waals surface area contributed by atoms with Crippen molar-refractivity contribution >= 4 is 11.0 Å². The molecule has 0 fully saturated rings. The minimum absolute atomic E-state index is 0.673. The highest BCUT2D eigenvalue weighted by atomic mass is 15.1. The number of rotatable bonds is 5. The fraction of sp³-hybridized carbons (Fsp3) is 0.533. The van der Waals surface area contributed by atoms with E-state index in [0.717, 1.165) is 31.0 Å². The molecule has 0 saturated carbocycles. The minimum atomic E-state index is 0.673. The molecule has 98 valence electrons. The smallest absolute Gasteiger partial charge is 0.123 e. The number of imidazole rings is 1. The van der Waals surface area contributed by atoms with Gasteiger partial charge in [-0.15, -0.1) is 0 Å². The summed E-state index contributed by atoms with van der Waals surface area (Å²) in [7, 11) is 0. The van der Waals surface area contributed by atoms with E-state index in [4.69, 9.17) is 4.98 Å². The summed E-state index contributed by atoms with van der Waals surface area (Å²) in [5.41, 5.74) is 3.62. The van der Waals surface area contributed by atoms with Crippen LogP contribution in [0.3, 0.4) is 0 Å². The third-order valence-corrected chi connectivity index (χ3v) is 3.13. The first-order chi connectivity index (χ1) is 8.61. The largest absolute Gasteiger partial charge is 0.327 e. The SMILES string of the molecule is CCn1c(CNCC(C)C)nc2cc(C)ccc21. The van der Waals surface area contributed by atoms with Crippen molar-refractivity contribution in [3.8, 4) is 0 Å². The van der Waals surface area contributed by atoms with Gasteiger partial charge in [-0.3, -0.25) is 0 Å². The summed E-state index contributed by atoms with van der Waals surface area (Å²) >= 11 is 0. The maximum absolute atomic E-state index is 4.74.